The molecule has 0 atom stereocenters. The van der Waals surface area contributed by atoms with E-state index in [-0.39, 0.29) is 40.4 Å². The number of thiazole rings is 1. The molecular formula is C20H17ClF3N5O2S2. The fourth-order valence-corrected chi connectivity index (χ4v) is 5.20. The molecular weight excluding hydrogens is 499 g/mol. The van der Waals surface area contributed by atoms with Crippen molar-refractivity contribution < 1.29 is 22.8 Å². The van der Waals surface area contributed by atoms with Gasteiger partial charge in [0.2, 0.25) is 16.0 Å². The SMILES string of the molecule is O=C(Nc1nnc(C(F)(F)F)s1)c1csc(C2CCN(C(=O)Cc3ccccc3Cl)CC2)n1. The zero-order valence-electron chi connectivity index (χ0n) is 16.9. The van der Waals surface area contributed by atoms with Gasteiger partial charge < -0.3 is 4.90 Å². The molecule has 0 bridgehead atoms. The van der Waals surface area contributed by atoms with Crippen molar-refractivity contribution in [2.45, 2.75) is 31.4 Å². The number of likely N-dealkylation sites (tertiary alicyclic amines) is 1. The van der Waals surface area contributed by atoms with Crippen LogP contribution in [-0.4, -0.2) is 45.0 Å². The number of rotatable bonds is 5. The number of carbonyl (C=O) groups is 2. The molecule has 4 rings (SSSR count). The molecule has 0 radical (unpaired) electrons. The van der Waals surface area contributed by atoms with Crippen molar-refractivity contribution in [3.05, 3.63) is 55.9 Å². The van der Waals surface area contributed by atoms with Crippen LogP contribution in [0.3, 0.4) is 0 Å². The summed E-state index contributed by atoms with van der Waals surface area (Å²) >= 11 is 7.71. The van der Waals surface area contributed by atoms with E-state index in [1.165, 1.54) is 11.3 Å². The lowest BCUT2D eigenvalue weighted by molar-refractivity contribution is -0.138. The number of alkyl halides is 3. The molecule has 33 heavy (non-hydrogen) atoms. The average Bonchev–Trinajstić information content (AvgIpc) is 3.45. The first-order valence-corrected chi connectivity index (χ1v) is 12.0. The van der Waals surface area contributed by atoms with Crippen molar-refractivity contribution >= 4 is 51.2 Å². The molecule has 1 fully saturated rings. The number of hydrogen-bond donors (Lipinski definition) is 1. The van der Waals surface area contributed by atoms with Crippen LogP contribution in [0, 0.1) is 0 Å². The van der Waals surface area contributed by atoms with E-state index in [1.807, 2.05) is 18.2 Å². The van der Waals surface area contributed by atoms with Gasteiger partial charge in [-0.3, -0.25) is 14.9 Å². The summed E-state index contributed by atoms with van der Waals surface area (Å²) < 4.78 is 37.9. The molecule has 1 aliphatic heterocycles. The van der Waals surface area contributed by atoms with Gasteiger partial charge >= 0.3 is 6.18 Å². The number of carbonyl (C=O) groups excluding carboxylic acids is 2. The zero-order chi connectivity index (χ0) is 23.6. The summed E-state index contributed by atoms with van der Waals surface area (Å²) in [5.74, 6) is -0.537. The number of anilines is 1. The zero-order valence-corrected chi connectivity index (χ0v) is 19.3. The number of aromatic nitrogens is 3. The molecule has 0 aliphatic carbocycles. The molecule has 2 aromatic heterocycles. The molecule has 7 nitrogen and oxygen atoms in total. The van der Waals surface area contributed by atoms with Gasteiger partial charge in [0.1, 0.15) is 5.69 Å². The molecule has 0 unspecified atom stereocenters. The molecule has 174 valence electrons. The minimum Gasteiger partial charge on any atom is -0.342 e. The Labute approximate surface area is 199 Å². The van der Waals surface area contributed by atoms with E-state index in [9.17, 15) is 22.8 Å². The number of amides is 2. The Morgan fingerprint density at radius 1 is 1.18 bits per heavy atom. The van der Waals surface area contributed by atoms with Crippen molar-refractivity contribution in [1.29, 1.82) is 0 Å². The maximum atomic E-state index is 12.6. The lowest BCUT2D eigenvalue weighted by atomic mass is 9.97. The summed E-state index contributed by atoms with van der Waals surface area (Å²) in [6.45, 7) is 1.14. The Balaban J connectivity index is 1.31. The molecule has 3 aromatic rings. The van der Waals surface area contributed by atoms with Crippen LogP contribution in [0.2, 0.25) is 5.02 Å². The predicted molar refractivity (Wildman–Crippen MR) is 119 cm³/mol. The van der Waals surface area contributed by atoms with Gasteiger partial charge in [0.15, 0.2) is 0 Å². The maximum absolute atomic E-state index is 12.6. The van der Waals surface area contributed by atoms with E-state index < -0.39 is 17.1 Å². The van der Waals surface area contributed by atoms with Crippen LogP contribution in [0.1, 0.15) is 44.8 Å². The Morgan fingerprint density at radius 2 is 1.91 bits per heavy atom. The fourth-order valence-electron chi connectivity index (χ4n) is 3.42. The first-order valence-electron chi connectivity index (χ1n) is 9.89. The summed E-state index contributed by atoms with van der Waals surface area (Å²) in [5.41, 5.74) is 0.899. The molecule has 1 saturated heterocycles. The van der Waals surface area contributed by atoms with Gasteiger partial charge in [-0.1, -0.05) is 41.1 Å². The molecule has 0 saturated carbocycles. The summed E-state index contributed by atoms with van der Waals surface area (Å²) in [4.78, 5) is 31.1. The highest BCUT2D eigenvalue weighted by atomic mass is 35.5. The summed E-state index contributed by atoms with van der Waals surface area (Å²) in [7, 11) is 0. The molecule has 3 heterocycles. The van der Waals surface area contributed by atoms with Crippen LogP contribution in [0.4, 0.5) is 18.3 Å². The van der Waals surface area contributed by atoms with Crippen molar-refractivity contribution in [2.24, 2.45) is 0 Å². The summed E-state index contributed by atoms with van der Waals surface area (Å²) in [6, 6.07) is 7.25. The smallest absolute Gasteiger partial charge is 0.342 e. The van der Waals surface area contributed by atoms with Crippen molar-refractivity contribution in [1.82, 2.24) is 20.1 Å². The highest BCUT2D eigenvalue weighted by Crippen LogP contribution is 2.34. The van der Waals surface area contributed by atoms with Gasteiger partial charge in [0, 0.05) is 29.4 Å². The maximum Gasteiger partial charge on any atom is 0.445 e. The minimum atomic E-state index is -4.61. The largest absolute Gasteiger partial charge is 0.445 e. The van der Waals surface area contributed by atoms with Crippen LogP contribution < -0.4 is 5.32 Å². The highest BCUT2D eigenvalue weighted by Gasteiger charge is 2.36. The molecule has 1 aromatic carbocycles. The number of piperidine rings is 1. The van der Waals surface area contributed by atoms with Crippen LogP contribution in [-0.2, 0) is 17.4 Å². The Bertz CT molecular complexity index is 1160. The third kappa shape index (κ3) is 5.68. The fraction of sp³-hybridized carbons (Fsp3) is 0.350. The van der Waals surface area contributed by atoms with Gasteiger partial charge in [-0.05, 0) is 24.5 Å². The van der Waals surface area contributed by atoms with Gasteiger partial charge in [-0.25, -0.2) is 4.98 Å². The highest BCUT2D eigenvalue weighted by molar-refractivity contribution is 7.15. The van der Waals surface area contributed by atoms with Crippen LogP contribution in [0.5, 0.6) is 0 Å². The number of nitrogens with one attached hydrogen (secondary N) is 1. The Kier molecular flexibility index (Phi) is 6.96. The van der Waals surface area contributed by atoms with Crippen molar-refractivity contribution in [3.63, 3.8) is 0 Å². The van der Waals surface area contributed by atoms with Gasteiger partial charge in [-0.15, -0.1) is 21.5 Å². The predicted octanol–water partition coefficient (Wildman–Crippen LogP) is 4.87. The first-order chi connectivity index (χ1) is 15.7. The third-order valence-corrected chi connectivity index (χ3v) is 7.40. The van der Waals surface area contributed by atoms with Crippen molar-refractivity contribution in [2.75, 3.05) is 18.4 Å². The molecule has 13 heteroatoms. The Morgan fingerprint density at radius 3 is 2.58 bits per heavy atom. The Hall–Kier alpha value is -2.57. The second kappa shape index (κ2) is 9.74. The van der Waals surface area contributed by atoms with Gasteiger partial charge in [0.25, 0.3) is 5.91 Å². The van der Waals surface area contributed by atoms with Crippen LogP contribution >= 0.6 is 34.3 Å². The number of benzene rings is 1. The quantitative estimate of drug-likeness (QED) is 0.524. The first kappa shape index (κ1) is 23.6. The van der Waals surface area contributed by atoms with E-state index in [0.717, 1.165) is 10.6 Å². The standard InChI is InChI=1S/C20H17ClF3N5O2S2/c21-13-4-2-1-3-12(13)9-15(30)29-7-5-11(6-8-29)17-25-14(10-32-17)16(31)26-19-28-27-18(33-19)20(22,23)24/h1-4,10-11H,5-9H2,(H,26,28,31). The van der Waals surface area contributed by atoms with Gasteiger partial charge in [-0.2, -0.15) is 13.2 Å². The van der Waals surface area contributed by atoms with E-state index in [2.05, 4.69) is 20.5 Å². The topological polar surface area (TPSA) is 88.1 Å². The van der Waals surface area contributed by atoms with Crippen LogP contribution in [0.25, 0.3) is 0 Å². The molecule has 1 N–H and O–H groups in total. The van der Waals surface area contributed by atoms with E-state index >= 15 is 0 Å². The number of hydrogen-bond acceptors (Lipinski definition) is 7. The van der Waals surface area contributed by atoms with Crippen LogP contribution in [0.15, 0.2) is 29.6 Å². The number of halogens is 4. The molecule has 0 spiro atoms. The lowest BCUT2D eigenvalue weighted by Crippen LogP contribution is -2.38. The van der Waals surface area contributed by atoms with E-state index in [1.54, 1.807) is 16.3 Å². The number of nitrogens with zero attached hydrogens (tertiary/aromatic N) is 4. The summed E-state index contributed by atoms with van der Waals surface area (Å²) in [5, 5.41) is 10.2. The molecule has 1 aliphatic rings. The lowest BCUT2D eigenvalue weighted by Gasteiger charge is -2.31. The average molecular weight is 516 g/mol. The normalized spacial score (nSPS) is 15.0. The third-order valence-electron chi connectivity index (χ3n) is 5.14. The summed E-state index contributed by atoms with van der Waals surface area (Å²) in [6.07, 6.45) is -2.96. The van der Waals surface area contributed by atoms with E-state index in [0.29, 0.717) is 31.0 Å². The second-order valence-corrected chi connectivity index (χ2v) is 9.63. The minimum absolute atomic E-state index is 0.0102. The molecule has 2 amide bonds. The second-order valence-electron chi connectivity index (χ2n) is 7.36. The van der Waals surface area contributed by atoms with Gasteiger partial charge in [0.05, 0.1) is 11.4 Å². The monoisotopic (exact) mass is 515 g/mol. The van der Waals surface area contributed by atoms with E-state index in [4.69, 9.17) is 11.6 Å². The van der Waals surface area contributed by atoms with Crippen molar-refractivity contribution in [3.8, 4) is 0 Å².